The van der Waals surface area contributed by atoms with Crippen LogP contribution in [0.5, 0.6) is 5.75 Å². The van der Waals surface area contributed by atoms with E-state index in [0.717, 1.165) is 25.0 Å². The molecule has 0 amide bonds. The van der Waals surface area contributed by atoms with Gasteiger partial charge < -0.3 is 4.74 Å². The number of thiocarbonyl (C=S) groups is 2. The fourth-order valence-electron chi connectivity index (χ4n) is 3.94. The van der Waals surface area contributed by atoms with Crippen molar-refractivity contribution in [3.8, 4) is 5.75 Å². The average molecular weight is 382 g/mol. The molecule has 0 bridgehead atoms. The maximum Gasteiger partial charge on any atom is 0.119 e. The minimum absolute atomic E-state index is 0.0278. The lowest BCUT2D eigenvalue weighted by molar-refractivity contribution is 0.339. The number of pyridine rings is 1. The molecule has 26 heavy (non-hydrogen) atoms. The molecule has 1 aromatic heterocycles. The van der Waals surface area contributed by atoms with Crippen molar-refractivity contribution in [1.82, 2.24) is 4.98 Å². The third-order valence-corrected chi connectivity index (χ3v) is 5.79. The molecule has 1 saturated carbocycles. The fourth-order valence-corrected chi connectivity index (χ4v) is 4.66. The molecular formula is C22H23NOS2. The Hall–Kier alpha value is -1.91. The fraction of sp³-hybridized carbons (Fsp3) is 0.318. The molecule has 1 heterocycles. The van der Waals surface area contributed by atoms with Gasteiger partial charge in [0.05, 0.1) is 0 Å². The van der Waals surface area contributed by atoms with Crippen molar-refractivity contribution < 1.29 is 4.74 Å². The van der Waals surface area contributed by atoms with E-state index in [-0.39, 0.29) is 11.3 Å². The third kappa shape index (κ3) is 3.92. The Kier molecular flexibility index (Phi) is 6.64. The molecule has 1 aromatic carbocycles. The molecule has 0 aliphatic heterocycles. The molecule has 2 aromatic rings. The number of rotatable bonds is 7. The first-order chi connectivity index (χ1) is 12.8. The van der Waals surface area contributed by atoms with E-state index < -0.39 is 0 Å². The zero-order valence-corrected chi connectivity index (χ0v) is 16.3. The summed E-state index contributed by atoms with van der Waals surface area (Å²) < 4.78 is 5.92. The van der Waals surface area contributed by atoms with Crippen LogP contribution in [0, 0.1) is 5.92 Å². The lowest BCUT2D eigenvalue weighted by Crippen LogP contribution is -2.41. The van der Waals surface area contributed by atoms with E-state index in [9.17, 15) is 0 Å². The Labute approximate surface area is 166 Å². The van der Waals surface area contributed by atoms with Gasteiger partial charge in [-0.15, -0.1) is 0 Å². The first-order valence-corrected chi connectivity index (χ1v) is 9.94. The molecule has 1 fully saturated rings. The van der Waals surface area contributed by atoms with Crippen LogP contribution in [0.1, 0.15) is 31.2 Å². The Bertz CT molecular complexity index is 752. The van der Waals surface area contributed by atoms with Crippen LogP contribution in [0.25, 0.3) is 0 Å². The standard InChI is InChI=1S/C22H23NOS2/c25-16-20(17-26)22(19-8-6-13-23-15-19)12-5-4-7-18(22)11-14-24-21-9-2-1-3-10-21/h1-3,6,8-11,13,15-17,20H,4-5,7,12,14H2. The lowest BCUT2D eigenvalue weighted by atomic mass is 9.60. The molecule has 1 unspecified atom stereocenters. The van der Waals surface area contributed by atoms with Crippen molar-refractivity contribution in [3.05, 3.63) is 72.1 Å². The summed E-state index contributed by atoms with van der Waals surface area (Å²) in [5.41, 5.74) is 2.36. The van der Waals surface area contributed by atoms with E-state index in [1.54, 1.807) is 0 Å². The highest BCUT2D eigenvalue weighted by molar-refractivity contribution is 7.80. The van der Waals surface area contributed by atoms with E-state index in [1.165, 1.54) is 17.6 Å². The third-order valence-electron chi connectivity index (χ3n) is 5.20. The second-order valence-electron chi connectivity index (χ2n) is 6.57. The second-order valence-corrected chi connectivity index (χ2v) is 7.12. The van der Waals surface area contributed by atoms with Gasteiger partial charge in [0.2, 0.25) is 0 Å². The van der Waals surface area contributed by atoms with Crippen molar-refractivity contribution in [2.24, 2.45) is 5.92 Å². The van der Waals surface area contributed by atoms with Crippen LogP contribution in [-0.4, -0.2) is 22.3 Å². The second kappa shape index (κ2) is 9.15. The van der Waals surface area contributed by atoms with Gasteiger partial charge in [-0.1, -0.05) is 60.7 Å². The normalized spacial score (nSPS) is 21.5. The average Bonchev–Trinajstić information content (AvgIpc) is 2.71. The molecule has 0 N–H and O–H groups in total. The van der Waals surface area contributed by atoms with Crippen LogP contribution in [-0.2, 0) is 5.41 Å². The Balaban J connectivity index is 1.95. The zero-order chi connectivity index (χ0) is 18.2. The van der Waals surface area contributed by atoms with Gasteiger partial charge in [0.1, 0.15) is 12.4 Å². The predicted octanol–water partition coefficient (Wildman–Crippen LogP) is 5.51. The van der Waals surface area contributed by atoms with Crippen molar-refractivity contribution >= 4 is 35.2 Å². The van der Waals surface area contributed by atoms with Crippen molar-refractivity contribution in [1.29, 1.82) is 0 Å². The summed E-state index contributed by atoms with van der Waals surface area (Å²) in [4.78, 5) is 4.36. The molecule has 2 nitrogen and oxygen atoms in total. The lowest BCUT2D eigenvalue weighted by Gasteiger charge is -2.43. The number of nitrogens with zero attached hydrogens (tertiary/aromatic N) is 1. The highest BCUT2D eigenvalue weighted by atomic mass is 32.1. The maximum atomic E-state index is 5.92. The Morgan fingerprint density at radius 1 is 1.08 bits per heavy atom. The van der Waals surface area contributed by atoms with E-state index in [0.29, 0.717) is 6.61 Å². The monoisotopic (exact) mass is 381 g/mol. The molecule has 1 aliphatic rings. The first-order valence-electron chi connectivity index (χ1n) is 8.99. The molecule has 3 rings (SSSR count). The number of hydrogen-bond donors (Lipinski definition) is 0. The van der Waals surface area contributed by atoms with Crippen LogP contribution in [0.2, 0.25) is 0 Å². The van der Waals surface area contributed by atoms with Gasteiger partial charge in [0.15, 0.2) is 0 Å². The van der Waals surface area contributed by atoms with Crippen molar-refractivity contribution in [3.63, 3.8) is 0 Å². The zero-order valence-electron chi connectivity index (χ0n) is 14.7. The molecule has 0 radical (unpaired) electrons. The molecule has 0 saturated heterocycles. The molecule has 4 heteroatoms. The number of para-hydroxylation sites is 1. The summed E-state index contributed by atoms with van der Waals surface area (Å²) >= 11 is 10.7. The first kappa shape index (κ1) is 18.9. The van der Waals surface area contributed by atoms with Crippen LogP contribution in [0.3, 0.4) is 0 Å². The predicted molar refractivity (Wildman–Crippen MR) is 115 cm³/mol. The van der Waals surface area contributed by atoms with Crippen molar-refractivity contribution in [2.75, 3.05) is 6.61 Å². The number of aromatic nitrogens is 1. The van der Waals surface area contributed by atoms with Crippen LogP contribution >= 0.6 is 24.4 Å². The van der Waals surface area contributed by atoms with Gasteiger partial charge in [-0.05, 0) is 59.8 Å². The summed E-state index contributed by atoms with van der Waals surface area (Å²) in [5.74, 6) is 0.910. The number of allylic oxidation sites excluding steroid dienone is 1. The SMILES string of the molecule is S=CC(C=S)C1(c2cccnc2)CCCCC1=CCOc1ccccc1. The highest BCUT2D eigenvalue weighted by Gasteiger charge is 2.43. The van der Waals surface area contributed by atoms with Crippen LogP contribution < -0.4 is 4.74 Å². The largest absolute Gasteiger partial charge is 0.490 e. The Morgan fingerprint density at radius 2 is 1.88 bits per heavy atom. The van der Waals surface area contributed by atoms with Gasteiger partial charge in [0.25, 0.3) is 0 Å². The van der Waals surface area contributed by atoms with Gasteiger partial charge in [0, 0.05) is 23.7 Å². The highest BCUT2D eigenvalue weighted by Crippen LogP contribution is 2.47. The molecular weight excluding hydrogens is 358 g/mol. The summed E-state index contributed by atoms with van der Waals surface area (Å²) in [7, 11) is 0. The summed E-state index contributed by atoms with van der Waals surface area (Å²) in [6.07, 6.45) is 10.4. The molecule has 134 valence electrons. The van der Waals surface area contributed by atoms with Gasteiger partial charge in [-0.3, -0.25) is 4.98 Å². The summed E-state index contributed by atoms with van der Waals surface area (Å²) in [5, 5.41) is 3.63. The van der Waals surface area contributed by atoms with E-state index in [2.05, 4.69) is 17.1 Å². The number of ether oxygens (including phenoxy) is 1. The van der Waals surface area contributed by atoms with Gasteiger partial charge in [-0.25, -0.2) is 0 Å². The summed E-state index contributed by atoms with van der Waals surface area (Å²) in [6.45, 7) is 0.545. The molecule has 1 atom stereocenters. The van der Waals surface area contributed by atoms with E-state index >= 15 is 0 Å². The van der Waals surface area contributed by atoms with Gasteiger partial charge in [-0.2, -0.15) is 0 Å². The molecule has 0 spiro atoms. The minimum atomic E-state index is -0.198. The van der Waals surface area contributed by atoms with E-state index in [1.807, 2.05) is 59.5 Å². The topological polar surface area (TPSA) is 22.1 Å². The van der Waals surface area contributed by atoms with Crippen LogP contribution in [0.15, 0.2) is 66.5 Å². The number of benzene rings is 1. The van der Waals surface area contributed by atoms with Crippen LogP contribution in [0.4, 0.5) is 0 Å². The number of hydrogen-bond acceptors (Lipinski definition) is 4. The quantitative estimate of drug-likeness (QED) is 0.465. The molecule has 1 aliphatic carbocycles. The minimum Gasteiger partial charge on any atom is -0.490 e. The smallest absolute Gasteiger partial charge is 0.119 e. The Morgan fingerprint density at radius 3 is 2.58 bits per heavy atom. The van der Waals surface area contributed by atoms with Gasteiger partial charge >= 0.3 is 0 Å². The van der Waals surface area contributed by atoms with E-state index in [4.69, 9.17) is 29.2 Å². The summed E-state index contributed by atoms with van der Waals surface area (Å²) in [6, 6.07) is 14.1. The van der Waals surface area contributed by atoms with Crippen molar-refractivity contribution in [2.45, 2.75) is 31.1 Å². The maximum absolute atomic E-state index is 5.92.